The Morgan fingerprint density at radius 3 is 1.95 bits per heavy atom. The summed E-state index contributed by atoms with van der Waals surface area (Å²) in [5, 5.41) is 0. The summed E-state index contributed by atoms with van der Waals surface area (Å²) < 4.78 is 5.30. The molecular weight excluding hydrogens is 278 g/mol. The third kappa shape index (κ3) is 4.27. The van der Waals surface area contributed by atoms with E-state index in [0.29, 0.717) is 16.9 Å². The number of carbonyl (C=O) groups is 2. The van der Waals surface area contributed by atoms with E-state index in [1.54, 1.807) is 36.4 Å². The molecule has 0 fully saturated rings. The van der Waals surface area contributed by atoms with E-state index in [4.69, 9.17) is 4.74 Å². The monoisotopic (exact) mass is 298 g/mol. The minimum Gasteiger partial charge on any atom is -0.423 e. The van der Waals surface area contributed by atoms with Crippen LogP contribution in [0.3, 0.4) is 0 Å². The van der Waals surface area contributed by atoms with Gasteiger partial charge in [0, 0.05) is 11.1 Å². The van der Waals surface area contributed by atoms with Gasteiger partial charge in [-0.2, -0.15) is 0 Å². The lowest BCUT2D eigenvalue weighted by Gasteiger charge is -2.08. The van der Waals surface area contributed by atoms with Crippen molar-refractivity contribution in [2.75, 3.05) is 14.1 Å². The third-order valence-electron chi connectivity index (χ3n) is 3.22. The number of carbonyl (C=O) groups excluding carboxylic acids is 2. The van der Waals surface area contributed by atoms with Crippen LogP contribution >= 0.6 is 0 Å². The summed E-state index contributed by atoms with van der Waals surface area (Å²) in [6.45, 7) is 2.40. The Balaban J connectivity index is 2.03. The van der Waals surface area contributed by atoms with Crippen LogP contribution < -0.4 is 9.64 Å². The van der Waals surface area contributed by atoms with Crippen molar-refractivity contribution in [1.82, 2.24) is 0 Å². The summed E-state index contributed by atoms with van der Waals surface area (Å²) in [7, 11) is 4.15. The molecule has 0 spiro atoms. The number of nitrogens with one attached hydrogen (secondary N) is 1. The molecule has 1 N–H and O–H groups in total. The van der Waals surface area contributed by atoms with E-state index >= 15 is 0 Å². The molecule has 0 aliphatic carbocycles. The molecule has 0 aliphatic rings. The number of Topliss-reactive ketones (excluding diaryl/α,β-unsaturated/α-hetero) is 1. The molecule has 0 bridgehead atoms. The Labute approximate surface area is 130 Å². The van der Waals surface area contributed by atoms with E-state index < -0.39 is 5.97 Å². The van der Waals surface area contributed by atoms with Crippen LogP contribution in [0.1, 0.15) is 33.2 Å². The first-order valence-electron chi connectivity index (χ1n) is 7.17. The molecule has 0 unspecified atom stereocenters. The van der Waals surface area contributed by atoms with Crippen molar-refractivity contribution in [3.8, 4) is 5.75 Å². The fourth-order valence-corrected chi connectivity index (χ4v) is 2.09. The molecule has 0 heterocycles. The Bertz CT molecular complexity index is 658. The second-order valence-electron chi connectivity index (χ2n) is 5.55. The van der Waals surface area contributed by atoms with E-state index in [0.717, 1.165) is 6.54 Å². The standard InChI is InChI=1S/C18H19NO3/c1-13(20)15-8-10-17(11-9-15)22-18(21)16-6-4-14(5-7-16)12-19(2)3/h4-11H,12H2,1-3H3/p+1. The first kappa shape index (κ1) is 15.9. The van der Waals surface area contributed by atoms with Gasteiger partial charge >= 0.3 is 5.97 Å². The largest absolute Gasteiger partial charge is 0.423 e. The number of hydrogen-bond acceptors (Lipinski definition) is 3. The van der Waals surface area contributed by atoms with Gasteiger partial charge in [0.25, 0.3) is 0 Å². The lowest BCUT2D eigenvalue weighted by Crippen LogP contribution is -3.04. The summed E-state index contributed by atoms with van der Waals surface area (Å²) in [6, 6.07) is 13.9. The molecule has 2 aromatic carbocycles. The van der Waals surface area contributed by atoms with Crippen LogP contribution in [-0.4, -0.2) is 25.8 Å². The minimum atomic E-state index is -0.403. The fourth-order valence-electron chi connectivity index (χ4n) is 2.09. The van der Waals surface area contributed by atoms with Crippen molar-refractivity contribution in [2.24, 2.45) is 0 Å². The number of quaternary nitrogens is 1. The van der Waals surface area contributed by atoms with Gasteiger partial charge in [-0.1, -0.05) is 12.1 Å². The van der Waals surface area contributed by atoms with Gasteiger partial charge in [0.2, 0.25) is 0 Å². The number of benzene rings is 2. The smallest absolute Gasteiger partial charge is 0.343 e. The molecule has 0 aliphatic heterocycles. The van der Waals surface area contributed by atoms with Crippen LogP contribution in [0.4, 0.5) is 0 Å². The van der Waals surface area contributed by atoms with E-state index in [2.05, 4.69) is 14.1 Å². The van der Waals surface area contributed by atoms with E-state index in [1.807, 2.05) is 12.1 Å². The Morgan fingerprint density at radius 1 is 0.909 bits per heavy atom. The molecule has 0 amide bonds. The molecule has 4 nitrogen and oxygen atoms in total. The minimum absolute atomic E-state index is 0.0171. The zero-order valence-corrected chi connectivity index (χ0v) is 13.1. The first-order valence-corrected chi connectivity index (χ1v) is 7.17. The van der Waals surface area contributed by atoms with Crippen LogP contribution in [0.25, 0.3) is 0 Å². The second kappa shape index (κ2) is 7.00. The maximum atomic E-state index is 12.1. The zero-order chi connectivity index (χ0) is 16.1. The van der Waals surface area contributed by atoms with Crippen LogP contribution in [0.15, 0.2) is 48.5 Å². The van der Waals surface area contributed by atoms with Crippen molar-refractivity contribution in [3.63, 3.8) is 0 Å². The average Bonchev–Trinajstić information content (AvgIpc) is 2.48. The number of esters is 1. The molecule has 0 atom stereocenters. The van der Waals surface area contributed by atoms with E-state index in [9.17, 15) is 9.59 Å². The molecule has 0 saturated heterocycles. The van der Waals surface area contributed by atoms with Gasteiger partial charge in [0.1, 0.15) is 12.3 Å². The van der Waals surface area contributed by atoms with Crippen molar-refractivity contribution in [1.29, 1.82) is 0 Å². The fraction of sp³-hybridized carbons (Fsp3) is 0.222. The van der Waals surface area contributed by atoms with Crippen LogP contribution in [0.5, 0.6) is 5.75 Å². The van der Waals surface area contributed by atoms with E-state index in [1.165, 1.54) is 17.4 Å². The van der Waals surface area contributed by atoms with Gasteiger partial charge in [-0.3, -0.25) is 4.79 Å². The van der Waals surface area contributed by atoms with Gasteiger partial charge in [0.05, 0.1) is 19.7 Å². The molecular formula is C18H20NO3+. The molecule has 22 heavy (non-hydrogen) atoms. The molecule has 0 aromatic heterocycles. The predicted octanol–water partition coefficient (Wildman–Crippen LogP) is 1.75. The van der Waals surface area contributed by atoms with Crippen molar-refractivity contribution >= 4 is 11.8 Å². The van der Waals surface area contributed by atoms with Crippen LogP contribution in [0.2, 0.25) is 0 Å². The van der Waals surface area contributed by atoms with Crippen molar-refractivity contribution in [3.05, 3.63) is 65.2 Å². The highest BCUT2D eigenvalue weighted by Gasteiger charge is 2.09. The lowest BCUT2D eigenvalue weighted by molar-refractivity contribution is -0.872. The van der Waals surface area contributed by atoms with Crippen LogP contribution in [0, 0.1) is 0 Å². The van der Waals surface area contributed by atoms with Gasteiger partial charge in [0.15, 0.2) is 5.78 Å². The Morgan fingerprint density at radius 2 is 1.45 bits per heavy atom. The molecule has 2 aromatic rings. The summed E-state index contributed by atoms with van der Waals surface area (Å²) >= 11 is 0. The first-order chi connectivity index (χ1) is 10.5. The summed E-state index contributed by atoms with van der Waals surface area (Å²) in [6.07, 6.45) is 0. The molecule has 4 heteroatoms. The lowest BCUT2D eigenvalue weighted by atomic mass is 10.1. The van der Waals surface area contributed by atoms with Gasteiger partial charge in [-0.15, -0.1) is 0 Å². The van der Waals surface area contributed by atoms with E-state index in [-0.39, 0.29) is 5.78 Å². The van der Waals surface area contributed by atoms with Gasteiger partial charge < -0.3 is 9.64 Å². The van der Waals surface area contributed by atoms with Gasteiger partial charge in [-0.25, -0.2) is 4.79 Å². The normalized spacial score (nSPS) is 10.5. The third-order valence-corrected chi connectivity index (χ3v) is 3.22. The second-order valence-corrected chi connectivity index (χ2v) is 5.55. The van der Waals surface area contributed by atoms with Crippen LogP contribution in [-0.2, 0) is 6.54 Å². The highest BCUT2D eigenvalue weighted by molar-refractivity contribution is 5.94. The highest BCUT2D eigenvalue weighted by atomic mass is 16.5. The molecule has 2 rings (SSSR count). The predicted molar refractivity (Wildman–Crippen MR) is 84.4 cm³/mol. The number of ketones is 1. The Kier molecular flexibility index (Phi) is 5.07. The summed E-state index contributed by atoms with van der Waals surface area (Å²) in [5.41, 5.74) is 2.27. The number of hydrogen-bond donors (Lipinski definition) is 1. The SMILES string of the molecule is CC(=O)c1ccc(OC(=O)c2ccc(C[NH+](C)C)cc2)cc1. The van der Waals surface area contributed by atoms with Crippen molar-refractivity contribution in [2.45, 2.75) is 13.5 Å². The average molecular weight is 298 g/mol. The molecule has 114 valence electrons. The quantitative estimate of drug-likeness (QED) is 0.520. The number of rotatable bonds is 5. The molecule has 0 radical (unpaired) electrons. The summed E-state index contributed by atoms with van der Waals surface area (Å²) in [4.78, 5) is 24.6. The maximum Gasteiger partial charge on any atom is 0.343 e. The summed E-state index contributed by atoms with van der Waals surface area (Å²) in [5.74, 6) is 0.00706. The molecule has 0 saturated carbocycles. The zero-order valence-electron chi connectivity index (χ0n) is 13.1. The highest BCUT2D eigenvalue weighted by Crippen LogP contribution is 2.15. The Hall–Kier alpha value is -2.46. The van der Waals surface area contributed by atoms with Crippen molar-refractivity contribution < 1.29 is 19.2 Å². The maximum absolute atomic E-state index is 12.1. The van der Waals surface area contributed by atoms with Gasteiger partial charge in [-0.05, 0) is 43.3 Å². The topological polar surface area (TPSA) is 47.8 Å². The number of ether oxygens (including phenoxy) is 1.